The SMILES string of the molecule is Oc1cccc2nc(Cl)cnc12. The van der Waals surface area contributed by atoms with E-state index in [1.165, 1.54) is 6.20 Å². The first-order chi connectivity index (χ1) is 5.77. The monoisotopic (exact) mass is 180 g/mol. The molecule has 0 fully saturated rings. The largest absolute Gasteiger partial charge is 0.506 e. The van der Waals surface area contributed by atoms with Gasteiger partial charge in [0.05, 0.1) is 11.7 Å². The van der Waals surface area contributed by atoms with E-state index in [4.69, 9.17) is 11.6 Å². The number of rotatable bonds is 0. The third kappa shape index (κ3) is 1.08. The Bertz CT molecular complexity index is 430. The van der Waals surface area contributed by atoms with Crippen molar-refractivity contribution >= 4 is 22.6 Å². The summed E-state index contributed by atoms with van der Waals surface area (Å²) in [4.78, 5) is 7.92. The van der Waals surface area contributed by atoms with Crippen LogP contribution in [0.3, 0.4) is 0 Å². The summed E-state index contributed by atoms with van der Waals surface area (Å²) in [5.41, 5.74) is 1.07. The third-order valence-corrected chi connectivity index (χ3v) is 1.70. The van der Waals surface area contributed by atoms with Gasteiger partial charge in [0, 0.05) is 0 Å². The van der Waals surface area contributed by atoms with E-state index in [-0.39, 0.29) is 5.75 Å². The van der Waals surface area contributed by atoms with Gasteiger partial charge in [-0.25, -0.2) is 9.97 Å². The lowest BCUT2D eigenvalue weighted by atomic mass is 10.3. The van der Waals surface area contributed by atoms with E-state index >= 15 is 0 Å². The van der Waals surface area contributed by atoms with Gasteiger partial charge >= 0.3 is 0 Å². The van der Waals surface area contributed by atoms with Crippen LogP contribution in [0, 0.1) is 0 Å². The maximum Gasteiger partial charge on any atom is 0.148 e. The lowest BCUT2D eigenvalue weighted by Crippen LogP contribution is -1.83. The van der Waals surface area contributed by atoms with Crippen LogP contribution >= 0.6 is 11.6 Å². The lowest BCUT2D eigenvalue weighted by Gasteiger charge is -1.97. The van der Waals surface area contributed by atoms with Gasteiger partial charge in [-0.2, -0.15) is 0 Å². The highest BCUT2D eigenvalue weighted by atomic mass is 35.5. The second kappa shape index (κ2) is 2.60. The number of hydrogen-bond donors (Lipinski definition) is 1. The van der Waals surface area contributed by atoms with Crippen LogP contribution in [0.2, 0.25) is 5.15 Å². The van der Waals surface area contributed by atoms with Crippen molar-refractivity contribution in [1.82, 2.24) is 9.97 Å². The normalized spacial score (nSPS) is 10.4. The number of nitrogens with zero attached hydrogens (tertiary/aromatic N) is 2. The maximum absolute atomic E-state index is 9.32. The molecule has 0 unspecified atom stereocenters. The average Bonchev–Trinajstić information content (AvgIpc) is 2.04. The van der Waals surface area contributed by atoms with Crippen molar-refractivity contribution in [3.63, 3.8) is 0 Å². The minimum Gasteiger partial charge on any atom is -0.506 e. The zero-order valence-electron chi connectivity index (χ0n) is 6.03. The van der Waals surface area contributed by atoms with E-state index < -0.39 is 0 Å². The Hall–Kier alpha value is -1.35. The van der Waals surface area contributed by atoms with Gasteiger partial charge in [-0.1, -0.05) is 17.7 Å². The summed E-state index contributed by atoms with van der Waals surface area (Å²) in [6.45, 7) is 0. The van der Waals surface area contributed by atoms with E-state index in [0.717, 1.165) is 0 Å². The number of halogens is 1. The molecule has 4 heteroatoms. The van der Waals surface area contributed by atoms with Crippen LogP contribution in [0.5, 0.6) is 5.75 Å². The zero-order valence-corrected chi connectivity index (χ0v) is 6.78. The first-order valence-electron chi connectivity index (χ1n) is 3.37. The molecule has 1 aromatic carbocycles. The van der Waals surface area contributed by atoms with Crippen molar-refractivity contribution in [2.75, 3.05) is 0 Å². The molecule has 0 spiro atoms. The van der Waals surface area contributed by atoms with Crippen LogP contribution < -0.4 is 0 Å². The summed E-state index contributed by atoms with van der Waals surface area (Å²) in [6, 6.07) is 5.00. The van der Waals surface area contributed by atoms with Gasteiger partial charge in [-0.3, -0.25) is 0 Å². The van der Waals surface area contributed by atoms with Gasteiger partial charge in [0.15, 0.2) is 0 Å². The summed E-state index contributed by atoms with van der Waals surface area (Å²) in [5.74, 6) is 0.122. The predicted molar refractivity (Wildman–Crippen MR) is 46.2 cm³/mol. The van der Waals surface area contributed by atoms with E-state index in [1.807, 2.05) is 0 Å². The molecule has 60 valence electrons. The standard InChI is InChI=1S/C8H5ClN2O/c9-7-4-10-8-5(11-7)2-1-3-6(8)12/h1-4,12H. The highest BCUT2D eigenvalue weighted by Gasteiger charge is 2.00. The van der Waals surface area contributed by atoms with Crippen molar-refractivity contribution in [2.24, 2.45) is 0 Å². The molecule has 1 N–H and O–H groups in total. The van der Waals surface area contributed by atoms with Gasteiger partial charge in [-0.05, 0) is 12.1 Å². The summed E-state index contributed by atoms with van der Waals surface area (Å²) < 4.78 is 0. The highest BCUT2D eigenvalue weighted by molar-refractivity contribution is 6.29. The molecule has 0 aliphatic heterocycles. The van der Waals surface area contributed by atoms with Crippen molar-refractivity contribution in [2.45, 2.75) is 0 Å². The first kappa shape index (κ1) is 7.31. The van der Waals surface area contributed by atoms with Crippen LogP contribution in [0.25, 0.3) is 11.0 Å². The van der Waals surface area contributed by atoms with Gasteiger partial charge in [0.1, 0.15) is 16.4 Å². The Balaban J connectivity index is 2.86. The molecule has 3 nitrogen and oxygen atoms in total. The fourth-order valence-electron chi connectivity index (χ4n) is 1.00. The zero-order chi connectivity index (χ0) is 8.55. The molecule has 2 aromatic rings. The topological polar surface area (TPSA) is 46.0 Å². The number of para-hydroxylation sites is 1. The number of fused-ring (bicyclic) bond motifs is 1. The van der Waals surface area contributed by atoms with Crippen LogP contribution in [0.1, 0.15) is 0 Å². The van der Waals surface area contributed by atoms with Gasteiger partial charge in [-0.15, -0.1) is 0 Å². The minimum absolute atomic E-state index is 0.122. The van der Waals surface area contributed by atoms with Crippen LogP contribution in [-0.4, -0.2) is 15.1 Å². The number of hydrogen-bond acceptors (Lipinski definition) is 3. The summed E-state index contributed by atoms with van der Waals surface area (Å²) in [5, 5.41) is 9.64. The van der Waals surface area contributed by atoms with E-state index in [9.17, 15) is 5.11 Å². The molecule has 1 aromatic heterocycles. The molecule has 0 radical (unpaired) electrons. The molecule has 0 saturated carbocycles. The number of aromatic hydroxyl groups is 1. The predicted octanol–water partition coefficient (Wildman–Crippen LogP) is 1.99. The lowest BCUT2D eigenvalue weighted by molar-refractivity contribution is 0.480. The molecule has 1 heterocycles. The molecule has 12 heavy (non-hydrogen) atoms. The molecule has 0 bridgehead atoms. The second-order valence-corrected chi connectivity index (χ2v) is 2.72. The summed E-state index contributed by atoms with van der Waals surface area (Å²) >= 11 is 5.62. The van der Waals surface area contributed by atoms with Crippen LogP contribution in [0.15, 0.2) is 24.4 Å². The highest BCUT2D eigenvalue weighted by Crippen LogP contribution is 2.20. The Morgan fingerprint density at radius 2 is 2.17 bits per heavy atom. The Labute approximate surface area is 73.6 Å². The molecule has 2 rings (SSSR count). The van der Waals surface area contributed by atoms with E-state index in [2.05, 4.69) is 9.97 Å². The second-order valence-electron chi connectivity index (χ2n) is 2.34. The van der Waals surface area contributed by atoms with E-state index in [0.29, 0.717) is 16.2 Å². The molecule has 0 amide bonds. The molecule has 0 aliphatic carbocycles. The number of benzene rings is 1. The molecular formula is C8H5ClN2O. The number of phenolic OH excluding ortho intramolecular Hbond substituents is 1. The van der Waals surface area contributed by atoms with Crippen molar-refractivity contribution in [3.8, 4) is 5.75 Å². The summed E-state index contributed by atoms with van der Waals surface area (Å²) in [6.07, 6.45) is 1.41. The maximum atomic E-state index is 9.32. The Morgan fingerprint density at radius 1 is 1.33 bits per heavy atom. The van der Waals surface area contributed by atoms with E-state index in [1.54, 1.807) is 18.2 Å². The molecular weight excluding hydrogens is 176 g/mol. The Morgan fingerprint density at radius 3 is 3.00 bits per heavy atom. The van der Waals surface area contributed by atoms with Gasteiger partial charge in [0.2, 0.25) is 0 Å². The molecule has 0 saturated heterocycles. The average molecular weight is 181 g/mol. The first-order valence-corrected chi connectivity index (χ1v) is 3.75. The van der Waals surface area contributed by atoms with Crippen molar-refractivity contribution in [3.05, 3.63) is 29.5 Å². The summed E-state index contributed by atoms with van der Waals surface area (Å²) in [7, 11) is 0. The third-order valence-electron chi connectivity index (χ3n) is 1.52. The quantitative estimate of drug-likeness (QED) is 0.675. The van der Waals surface area contributed by atoms with Gasteiger partial charge in [0.25, 0.3) is 0 Å². The number of aromatic nitrogens is 2. The Kier molecular flexibility index (Phi) is 1.59. The fourth-order valence-corrected chi connectivity index (χ4v) is 1.14. The van der Waals surface area contributed by atoms with Crippen molar-refractivity contribution < 1.29 is 5.11 Å². The van der Waals surface area contributed by atoms with Crippen LogP contribution in [0.4, 0.5) is 0 Å². The van der Waals surface area contributed by atoms with Crippen LogP contribution in [-0.2, 0) is 0 Å². The molecule has 0 aliphatic rings. The van der Waals surface area contributed by atoms with Gasteiger partial charge < -0.3 is 5.11 Å². The fraction of sp³-hybridized carbons (Fsp3) is 0. The van der Waals surface area contributed by atoms with Crippen molar-refractivity contribution in [1.29, 1.82) is 0 Å². The minimum atomic E-state index is 0.122. The smallest absolute Gasteiger partial charge is 0.148 e. The molecule has 0 atom stereocenters. The number of phenols is 1.